The molecule has 2 aromatic rings. The molecule has 1 aromatic carbocycles. The number of para-hydroxylation sites is 2. The van der Waals surface area contributed by atoms with E-state index in [2.05, 4.69) is 24.3 Å². The lowest BCUT2D eigenvalue weighted by Gasteiger charge is -2.18. The highest BCUT2D eigenvalue weighted by molar-refractivity contribution is 5.57. The van der Waals surface area contributed by atoms with Crippen molar-refractivity contribution in [2.24, 2.45) is 7.05 Å². The number of aromatic nitrogens is 2. The lowest BCUT2D eigenvalue weighted by molar-refractivity contribution is 0.318. The van der Waals surface area contributed by atoms with Gasteiger partial charge in [0.05, 0.1) is 24.0 Å². The highest BCUT2D eigenvalue weighted by atomic mass is 16.5. The Morgan fingerprint density at radius 2 is 2.11 bits per heavy atom. The second kappa shape index (κ2) is 6.27. The van der Waals surface area contributed by atoms with Crippen LogP contribution in [0.5, 0.6) is 5.75 Å². The van der Waals surface area contributed by atoms with E-state index >= 15 is 0 Å². The van der Waals surface area contributed by atoms with Crippen molar-refractivity contribution < 1.29 is 4.74 Å². The van der Waals surface area contributed by atoms with E-state index in [1.165, 1.54) is 0 Å². The van der Waals surface area contributed by atoms with Crippen LogP contribution in [0.25, 0.3) is 0 Å². The predicted molar refractivity (Wildman–Crippen MR) is 77.5 cm³/mol. The van der Waals surface area contributed by atoms with E-state index < -0.39 is 0 Å². The van der Waals surface area contributed by atoms with Gasteiger partial charge in [-0.15, -0.1) is 0 Å². The van der Waals surface area contributed by atoms with Gasteiger partial charge in [-0.3, -0.25) is 4.68 Å². The smallest absolute Gasteiger partial charge is 0.142 e. The normalized spacial score (nSPS) is 12.2. The van der Waals surface area contributed by atoms with Crippen LogP contribution in [0, 0.1) is 0 Å². The molecule has 0 aliphatic heterocycles. The number of hydrogen-bond acceptors (Lipinski definition) is 3. The van der Waals surface area contributed by atoms with Crippen LogP contribution in [0.1, 0.15) is 32.0 Å². The van der Waals surface area contributed by atoms with Gasteiger partial charge < -0.3 is 10.1 Å². The van der Waals surface area contributed by atoms with Crippen LogP contribution in [0.4, 0.5) is 5.69 Å². The van der Waals surface area contributed by atoms with Crippen molar-refractivity contribution in [3.63, 3.8) is 0 Å². The molecule has 0 radical (unpaired) electrons. The van der Waals surface area contributed by atoms with E-state index in [1.54, 1.807) is 0 Å². The molecule has 19 heavy (non-hydrogen) atoms. The summed E-state index contributed by atoms with van der Waals surface area (Å²) >= 11 is 0. The van der Waals surface area contributed by atoms with Crippen molar-refractivity contribution >= 4 is 5.69 Å². The molecule has 102 valence electrons. The minimum Gasteiger partial charge on any atom is -0.491 e. The zero-order valence-electron chi connectivity index (χ0n) is 11.8. The molecule has 4 nitrogen and oxygen atoms in total. The van der Waals surface area contributed by atoms with Crippen LogP contribution in [0.15, 0.2) is 36.5 Å². The molecule has 0 bridgehead atoms. The lowest BCUT2D eigenvalue weighted by atomic mass is 10.2. The van der Waals surface area contributed by atoms with Crippen LogP contribution >= 0.6 is 0 Å². The highest BCUT2D eigenvalue weighted by Crippen LogP contribution is 2.27. The van der Waals surface area contributed by atoms with Crippen molar-refractivity contribution in [3.8, 4) is 5.75 Å². The first-order chi connectivity index (χ1) is 9.22. The molecule has 1 N–H and O–H groups in total. The van der Waals surface area contributed by atoms with Crippen molar-refractivity contribution in [1.82, 2.24) is 9.78 Å². The molecule has 1 atom stereocenters. The molecular weight excluding hydrogens is 238 g/mol. The standard InChI is InChI=1S/C15H21N3O/c1-4-11-19-15-8-6-5-7-13(15)17-12(2)14-9-10-16-18(14)3/h5-10,12,17H,4,11H2,1-3H3. The van der Waals surface area contributed by atoms with Crippen LogP contribution in [-0.4, -0.2) is 16.4 Å². The number of rotatable bonds is 6. The summed E-state index contributed by atoms with van der Waals surface area (Å²) in [6, 6.07) is 10.2. The third-order valence-electron chi connectivity index (χ3n) is 3.02. The van der Waals surface area contributed by atoms with E-state index in [4.69, 9.17) is 4.74 Å². The number of anilines is 1. The largest absolute Gasteiger partial charge is 0.491 e. The molecule has 4 heteroatoms. The molecule has 1 unspecified atom stereocenters. The summed E-state index contributed by atoms with van der Waals surface area (Å²) in [4.78, 5) is 0. The molecule has 0 aliphatic carbocycles. The van der Waals surface area contributed by atoms with Gasteiger partial charge in [-0.1, -0.05) is 19.1 Å². The van der Waals surface area contributed by atoms with E-state index in [9.17, 15) is 0 Å². The molecule has 0 saturated heterocycles. The Bertz CT molecular complexity index is 522. The fourth-order valence-electron chi connectivity index (χ4n) is 2.04. The Balaban J connectivity index is 2.12. The molecule has 0 saturated carbocycles. The minimum absolute atomic E-state index is 0.180. The van der Waals surface area contributed by atoms with Gasteiger partial charge in [-0.25, -0.2) is 0 Å². The summed E-state index contributed by atoms with van der Waals surface area (Å²) in [5.74, 6) is 0.901. The number of benzene rings is 1. The highest BCUT2D eigenvalue weighted by Gasteiger charge is 2.11. The van der Waals surface area contributed by atoms with Gasteiger partial charge in [0.2, 0.25) is 0 Å². The van der Waals surface area contributed by atoms with Gasteiger partial charge in [0, 0.05) is 13.2 Å². The molecule has 0 spiro atoms. The summed E-state index contributed by atoms with van der Waals surface area (Å²) in [5, 5.41) is 7.67. The number of nitrogens with zero attached hydrogens (tertiary/aromatic N) is 2. The van der Waals surface area contributed by atoms with Crippen molar-refractivity contribution in [2.75, 3.05) is 11.9 Å². The molecule has 0 aliphatic rings. The summed E-state index contributed by atoms with van der Waals surface area (Å²) < 4.78 is 7.63. The predicted octanol–water partition coefficient (Wildman–Crippen LogP) is 3.38. The summed E-state index contributed by atoms with van der Waals surface area (Å²) in [6.07, 6.45) is 2.82. The average Bonchev–Trinajstić information content (AvgIpc) is 2.84. The Morgan fingerprint density at radius 1 is 1.32 bits per heavy atom. The van der Waals surface area contributed by atoms with E-state index in [0.29, 0.717) is 0 Å². The maximum atomic E-state index is 5.75. The minimum atomic E-state index is 0.180. The van der Waals surface area contributed by atoms with E-state index in [1.807, 2.05) is 48.3 Å². The third-order valence-corrected chi connectivity index (χ3v) is 3.02. The van der Waals surface area contributed by atoms with Crippen molar-refractivity contribution in [2.45, 2.75) is 26.3 Å². The Labute approximate surface area is 114 Å². The summed E-state index contributed by atoms with van der Waals surface area (Å²) in [6.45, 7) is 4.96. The van der Waals surface area contributed by atoms with Gasteiger partial charge in [0.25, 0.3) is 0 Å². The van der Waals surface area contributed by atoms with Crippen molar-refractivity contribution in [3.05, 3.63) is 42.2 Å². The molecule has 0 amide bonds. The molecule has 1 aromatic heterocycles. The number of nitrogens with one attached hydrogen (secondary N) is 1. The first-order valence-electron chi connectivity index (χ1n) is 6.68. The van der Waals surface area contributed by atoms with Crippen LogP contribution in [0.2, 0.25) is 0 Å². The lowest BCUT2D eigenvalue weighted by Crippen LogP contribution is -2.12. The first kappa shape index (κ1) is 13.5. The molecule has 0 fully saturated rings. The van der Waals surface area contributed by atoms with Gasteiger partial charge in [-0.2, -0.15) is 5.10 Å². The summed E-state index contributed by atoms with van der Waals surface area (Å²) in [7, 11) is 1.95. The number of hydrogen-bond donors (Lipinski definition) is 1. The second-order valence-corrected chi connectivity index (χ2v) is 4.59. The van der Waals surface area contributed by atoms with Gasteiger partial charge in [0.15, 0.2) is 0 Å². The van der Waals surface area contributed by atoms with Gasteiger partial charge in [0.1, 0.15) is 5.75 Å². The summed E-state index contributed by atoms with van der Waals surface area (Å²) in [5.41, 5.74) is 2.16. The quantitative estimate of drug-likeness (QED) is 0.864. The van der Waals surface area contributed by atoms with Gasteiger partial charge >= 0.3 is 0 Å². The fourth-order valence-corrected chi connectivity index (χ4v) is 2.04. The van der Waals surface area contributed by atoms with Crippen LogP contribution in [-0.2, 0) is 7.05 Å². The maximum Gasteiger partial charge on any atom is 0.142 e. The van der Waals surface area contributed by atoms with E-state index in [-0.39, 0.29) is 6.04 Å². The molecule has 2 rings (SSSR count). The monoisotopic (exact) mass is 259 g/mol. The number of ether oxygens (including phenoxy) is 1. The Morgan fingerprint density at radius 3 is 2.79 bits per heavy atom. The third kappa shape index (κ3) is 3.28. The van der Waals surface area contributed by atoms with Gasteiger partial charge in [-0.05, 0) is 31.5 Å². The SMILES string of the molecule is CCCOc1ccccc1NC(C)c1ccnn1C. The second-order valence-electron chi connectivity index (χ2n) is 4.59. The Hall–Kier alpha value is -1.97. The fraction of sp³-hybridized carbons (Fsp3) is 0.400. The van der Waals surface area contributed by atoms with Crippen LogP contribution < -0.4 is 10.1 Å². The average molecular weight is 259 g/mol. The molecule has 1 heterocycles. The van der Waals surface area contributed by atoms with Crippen LogP contribution in [0.3, 0.4) is 0 Å². The first-order valence-corrected chi connectivity index (χ1v) is 6.68. The van der Waals surface area contributed by atoms with Crippen molar-refractivity contribution in [1.29, 1.82) is 0 Å². The zero-order valence-corrected chi connectivity index (χ0v) is 11.8. The topological polar surface area (TPSA) is 39.1 Å². The number of aryl methyl sites for hydroxylation is 1. The Kier molecular flexibility index (Phi) is 4.44. The zero-order chi connectivity index (χ0) is 13.7. The van der Waals surface area contributed by atoms with E-state index in [0.717, 1.165) is 30.2 Å². The molecular formula is C15H21N3O. The maximum absolute atomic E-state index is 5.75.